The van der Waals surface area contributed by atoms with Gasteiger partial charge in [-0.15, -0.1) is 0 Å². The van der Waals surface area contributed by atoms with E-state index in [1.165, 1.54) is 32.1 Å². The first-order chi connectivity index (χ1) is 7.47. The standard InChI is InChI=1S/C10H21OP.H3O3P/c1-4-7-8-10(5-2,6-3)9-12-11;1-4(2)3/h4-9H2,1-3H3;1-3H. The summed E-state index contributed by atoms with van der Waals surface area (Å²) in [7, 11) is -2.30. The van der Waals surface area contributed by atoms with Crippen molar-refractivity contribution in [1.29, 1.82) is 0 Å². The SMILES string of the molecule is CCCCC(CC)(CC)CP=O.OP(O)O. The highest BCUT2D eigenvalue weighted by Gasteiger charge is 2.24. The van der Waals surface area contributed by atoms with Gasteiger partial charge < -0.3 is 14.7 Å². The molecule has 0 saturated heterocycles. The second kappa shape index (κ2) is 11.9. The van der Waals surface area contributed by atoms with E-state index in [9.17, 15) is 4.57 Å². The molecular weight excluding hydrogens is 246 g/mol. The van der Waals surface area contributed by atoms with Crippen LogP contribution in [-0.2, 0) is 4.57 Å². The van der Waals surface area contributed by atoms with Crippen LogP contribution >= 0.6 is 17.1 Å². The summed E-state index contributed by atoms with van der Waals surface area (Å²) in [6, 6.07) is 0. The van der Waals surface area contributed by atoms with E-state index in [-0.39, 0.29) is 0 Å². The molecule has 0 heterocycles. The van der Waals surface area contributed by atoms with Gasteiger partial charge in [-0.3, -0.25) is 4.57 Å². The monoisotopic (exact) mass is 270 g/mol. The van der Waals surface area contributed by atoms with Crippen molar-refractivity contribution in [2.75, 3.05) is 6.16 Å². The summed E-state index contributed by atoms with van der Waals surface area (Å²) in [5.41, 5.74) is 0.360. The van der Waals surface area contributed by atoms with E-state index in [0.29, 0.717) is 13.9 Å². The van der Waals surface area contributed by atoms with E-state index in [4.69, 9.17) is 14.7 Å². The molecule has 16 heavy (non-hydrogen) atoms. The van der Waals surface area contributed by atoms with Crippen LogP contribution in [0.3, 0.4) is 0 Å². The first-order valence-electron chi connectivity index (χ1n) is 5.63. The van der Waals surface area contributed by atoms with Gasteiger partial charge in [0.15, 0.2) is 8.46 Å². The Balaban J connectivity index is 0. The van der Waals surface area contributed by atoms with Gasteiger partial charge in [0.2, 0.25) is 0 Å². The molecule has 0 aromatic carbocycles. The lowest BCUT2D eigenvalue weighted by Gasteiger charge is -2.28. The molecule has 0 aliphatic carbocycles. The summed E-state index contributed by atoms with van der Waals surface area (Å²) >= 11 is 0. The molecule has 0 atom stereocenters. The van der Waals surface area contributed by atoms with Crippen LogP contribution in [0.4, 0.5) is 0 Å². The fraction of sp³-hybridized carbons (Fsp3) is 1.00. The van der Waals surface area contributed by atoms with Crippen molar-refractivity contribution in [2.24, 2.45) is 5.41 Å². The Bertz CT molecular complexity index is 158. The van der Waals surface area contributed by atoms with E-state index in [1.807, 2.05) is 0 Å². The van der Waals surface area contributed by atoms with E-state index in [2.05, 4.69) is 20.8 Å². The normalized spacial score (nSPS) is 11.4. The molecular formula is C10H24O4P2. The van der Waals surface area contributed by atoms with Crippen LogP contribution < -0.4 is 0 Å². The Morgan fingerprint density at radius 1 is 1.12 bits per heavy atom. The highest BCUT2D eigenvalue weighted by atomic mass is 31.2. The summed E-state index contributed by atoms with van der Waals surface area (Å²) in [5.74, 6) is 0. The van der Waals surface area contributed by atoms with Gasteiger partial charge in [0, 0.05) is 6.16 Å². The lowest BCUT2D eigenvalue weighted by Crippen LogP contribution is -2.20. The zero-order valence-electron chi connectivity index (χ0n) is 10.4. The van der Waals surface area contributed by atoms with Crippen molar-refractivity contribution in [1.82, 2.24) is 0 Å². The van der Waals surface area contributed by atoms with E-state index in [1.54, 1.807) is 0 Å². The highest BCUT2D eigenvalue weighted by molar-refractivity contribution is 7.38. The smallest absolute Gasteiger partial charge is 0.324 e. The maximum atomic E-state index is 10.6. The van der Waals surface area contributed by atoms with Gasteiger partial charge in [-0.05, 0) is 24.7 Å². The molecule has 0 bridgehead atoms. The van der Waals surface area contributed by atoms with Crippen LogP contribution in [0, 0.1) is 5.41 Å². The number of rotatable bonds is 7. The molecule has 98 valence electrons. The highest BCUT2D eigenvalue weighted by Crippen LogP contribution is 2.35. The summed E-state index contributed by atoms with van der Waals surface area (Å²) in [6.07, 6.45) is 6.94. The molecule has 6 heteroatoms. The van der Waals surface area contributed by atoms with Crippen LogP contribution in [0.25, 0.3) is 0 Å². The zero-order chi connectivity index (χ0) is 13.0. The predicted octanol–water partition coefficient (Wildman–Crippen LogP) is 3.46. The van der Waals surface area contributed by atoms with Gasteiger partial charge in [0.1, 0.15) is 0 Å². The number of unbranched alkanes of at least 4 members (excludes halogenated alkanes) is 1. The van der Waals surface area contributed by atoms with Crippen molar-refractivity contribution in [3.05, 3.63) is 0 Å². The van der Waals surface area contributed by atoms with Crippen LogP contribution in [0.2, 0.25) is 0 Å². The van der Waals surface area contributed by atoms with Crippen molar-refractivity contribution in [2.45, 2.75) is 52.9 Å². The molecule has 0 spiro atoms. The van der Waals surface area contributed by atoms with Crippen LogP contribution in [0.15, 0.2) is 0 Å². The topological polar surface area (TPSA) is 77.8 Å². The summed E-state index contributed by atoms with van der Waals surface area (Å²) in [4.78, 5) is 21.7. The second-order valence-corrected chi connectivity index (χ2v) is 4.98. The van der Waals surface area contributed by atoms with Gasteiger partial charge in [0.25, 0.3) is 0 Å². The molecule has 0 saturated carbocycles. The van der Waals surface area contributed by atoms with Crippen molar-refractivity contribution < 1.29 is 19.2 Å². The van der Waals surface area contributed by atoms with Gasteiger partial charge >= 0.3 is 8.60 Å². The average molecular weight is 270 g/mol. The molecule has 0 fully saturated rings. The minimum atomic E-state index is -2.62. The Morgan fingerprint density at radius 3 is 1.81 bits per heavy atom. The lowest BCUT2D eigenvalue weighted by atomic mass is 9.80. The minimum absolute atomic E-state index is 0.321. The lowest BCUT2D eigenvalue weighted by molar-refractivity contribution is 0.270. The third-order valence-electron chi connectivity index (χ3n) is 2.96. The Kier molecular flexibility index (Phi) is 13.9. The Labute approximate surface area is 101 Å². The van der Waals surface area contributed by atoms with Crippen LogP contribution in [0.1, 0.15) is 52.9 Å². The molecule has 3 N–H and O–H groups in total. The first-order valence-corrected chi connectivity index (χ1v) is 7.83. The van der Waals surface area contributed by atoms with Gasteiger partial charge in [-0.2, -0.15) is 0 Å². The quantitative estimate of drug-likeness (QED) is 0.619. The molecule has 0 amide bonds. The van der Waals surface area contributed by atoms with Crippen LogP contribution in [-0.4, -0.2) is 20.8 Å². The van der Waals surface area contributed by atoms with Crippen molar-refractivity contribution >= 4 is 17.1 Å². The predicted molar refractivity (Wildman–Crippen MR) is 68.6 cm³/mol. The van der Waals surface area contributed by atoms with E-state index >= 15 is 0 Å². The Morgan fingerprint density at radius 2 is 1.56 bits per heavy atom. The number of hydrogen-bond acceptors (Lipinski definition) is 4. The zero-order valence-corrected chi connectivity index (χ0v) is 12.2. The fourth-order valence-electron chi connectivity index (χ4n) is 1.59. The maximum absolute atomic E-state index is 10.6. The van der Waals surface area contributed by atoms with Crippen LogP contribution in [0.5, 0.6) is 0 Å². The molecule has 0 unspecified atom stereocenters. The molecule has 0 rings (SSSR count). The largest absolute Gasteiger partial charge is 0.328 e. The van der Waals surface area contributed by atoms with Gasteiger partial charge in [-0.25, -0.2) is 0 Å². The minimum Gasteiger partial charge on any atom is -0.328 e. The maximum Gasteiger partial charge on any atom is 0.324 e. The second-order valence-electron chi connectivity index (χ2n) is 3.87. The third-order valence-corrected chi connectivity index (χ3v) is 3.76. The molecule has 0 aliphatic rings. The summed E-state index contributed by atoms with van der Waals surface area (Å²) in [6.45, 7) is 6.64. The van der Waals surface area contributed by atoms with E-state index < -0.39 is 8.60 Å². The van der Waals surface area contributed by atoms with Crippen molar-refractivity contribution in [3.63, 3.8) is 0 Å². The van der Waals surface area contributed by atoms with Gasteiger partial charge in [0.05, 0.1) is 0 Å². The van der Waals surface area contributed by atoms with E-state index in [0.717, 1.165) is 6.16 Å². The van der Waals surface area contributed by atoms with Crippen molar-refractivity contribution in [3.8, 4) is 0 Å². The fourth-order valence-corrected chi connectivity index (χ4v) is 2.47. The molecule has 4 nitrogen and oxygen atoms in total. The summed E-state index contributed by atoms with van der Waals surface area (Å²) in [5, 5.41) is 0. The summed E-state index contributed by atoms with van der Waals surface area (Å²) < 4.78 is 10.6. The Hall–Kier alpha value is 0.410. The first kappa shape index (κ1) is 18.8. The average Bonchev–Trinajstić information content (AvgIpc) is 2.24. The molecule has 0 aromatic rings. The molecule has 0 aromatic heterocycles. The van der Waals surface area contributed by atoms with Gasteiger partial charge in [-0.1, -0.05) is 33.6 Å². The number of hydrogen-bond donors (Lipinski definition) is 3. The third kappa shape index (κ3) is 10.9. The molecule has 0 aliphatic heterocycles. The molecule has 0 radical (unpaired) electrons.